The molecule has 0 amide bonds. The molecular weight excluding hydrogens is 300 g/mol. The van der Waals surface area contributed by atoms with Gasteiger partial charge >= 0.3 is 0 Å². The second kappa shape index (κ2) is 6.44. The van der Waals surface area contributed by atoms with Gasteiger partial charge in [0, 0.05) is 23.3 Å². The van der Waals surface area contributed by atoms with Gasteiger partial charge in [-0.3, -0.25) is 4.68 Å². The van der Waals surface area contributed by atoms with Crippen LogP contribution >= 0.6 is 0 Å². The molecule has 1 fully saturated rings. The van der Waals surface area contributed by atoms with E-state index in [1.165, 1.54) is 32.1 Å². The van der Waals surface area contributed by atoms with E-state index in [0.717, 1.165) is 22.3 Å². The number of nitrogens with zero attached hydrogens (tertiary/aromatic N) is 5. The van der Waals surface area contributed by atoms with Gasteiger partial charge in [0.25, 0.3) is 0 Å². The molecule has 0 saturated heterocycles. The predicted molar refractivity (Wildman–Crippen MR) is 91.0 cm³/mol. The van der Waals surface area contributed by atoms with E-state index in [1.54, 1.807) is 6.33 Å². The van der Waals surface area contributed by atoms with Crippen LogP contribution in [0.4, 0.5) is 0 Å². The SMILES string of the molecule is N#CC[C@H](C1CCCCC1)n1cc(-c2ncnc3[nH]ccc23)cn1. The van der Waals surface area contributed by atoms with Crippen molar-refractivity contribution in [3.8, 4) is 17.3 Å². The van der Waals surface area contributed by atoms with E-state index < -0.39 is 0 Å². The Labute approximate surface area is 140 Å². The fourth-order valence-corrected chi connectivity index (χ4v) is 3.83. The van der Waals surface area contributed by atoms with Crippen LogP contribution in [0.3, 0.4) is 0 Å². The highest BCUT2D eigenvalue weighted by Gasteiger charge is 2.26. The Kier molecular flexibility index (Phi) is 3.99. The lowest BCUT2D eigenvalue weighted by Crippen LogP contribution is -2.22. The monoisotopic (exact) mass is 320 g/mol. The molecule has 3 heterocycles. The molecule has 3 aromatic rings. The van der Waals surface area contributed by atoms with Crippen LogP contribution in [0, 0.1) is 17.2 Å². The largest absolute Gasteiger partial charge is 0.346 e. The molecule has 0 radical (unpaired) electrons. The summed E-state index contributed by atoms with van der Waals surface area (Å²) in [5.74, 6) is 0.545. The summed E-state index contributed by atoms with van der Waals surface area (Å²) in [6.07, 6.45) is 14.0. The Morgan fingerprint density at radius 3 is 3.00 bits per heavy atom. The van der Waals surface area contributed by atoms with E-state index in [0.29, 0.717) is 12.3 Å². The second-order valence-corrected chi connectivity index (χ2v) is 6.50. The van der Waals surface area contributed by atoms with Gasteiger partial charge in [0.15, 0.2) is 0 Å². The van der Waals surface area contributed by atoms with Gasteiger partial charge in [0.1, 0.15) is 12.0 Å². The van der Waals surface area contributed by atoms with Crippen molar-refractivity contribution in [2.24, 2.45) is 5.92 Å². The first-order chi connectivity index (χ1) is 11.9. The second-order valence-electron chi connectivity index (χ2n) is 6.50. The third kappa shape index (κ3) is 2.67. The first kappa shape index (κ1) is 14.9. The molecule has 6 heteroatoms. The molecule has 1 aliphatic carbocycles. The van der Waals surface area contributed by atoms with E-state index in [9.17, 15) is 5.26 Å². The molecule has 3 aromatic heterocycles. The highest BCUT2D eigenvalue weighted by Crippen LogP contribution is 2.35. The number of fused-ring (bicyclic) bond motifs is 1. The number of hydrogen-bond donors (Lipinski definition) is 1. The molecule has 122 valence electrons. The van der Waals surface area contributed by atoms with Crippen molar-refractivity contribution in [1.29, 1.82) is 5.26 Å². The molecule has 1 saturated carbocycles. The molecule has 1 N–H and O–H groups in total. The summed E-state index contributed by atoms with van der Waals surface area (Å²) in [4.78, 5) is 11.8. The van der Waals surface area contributed by atoms with E-state index in [4.69, 9.17) is 0 Å². The Hall–Kier alpha value is -2.68. The molecule has 0 spiro atoms. The van der Waals surface area contributed by atoms with Crippen molar-refractivity contribution in [2.75, 3.05) is 0 Å². The van der Waals surface area contributed by atoms with Crippen LogP contribution in [0.5, 0.6) is 0 Å². The maximum atomic E-state index is 9.25. The minimum atomic E-state index is 0.160. The van der Waals surface area contributed by atoms with Crippen LogP contribution in [0.1, 0.15) is 44.6 Å². The van der Waals surface area contributed by atoms with Crippen molar-refractivity contribution in [3.05, 3.63) is 31.0 Å². The summed E-state index contributed by atoms with van der Waals surface area (Å²) in [5.41, 5.74) is 2.68. The van der Waals surface area contributed by atoms with Gasteiger partial charge in [-0.15, -0.1) is 0 Å². The molecule has 0 unspecified atom stereocenters. The Morgan fingerprint density at radius 2 is 2.17 bits per heavy atom. The average Bonchev–Trinajstić information content (AvgIpc) is 3.29. The Bertz CT molecular complexity index is 865. The third-order valence-electron chi connectivity index (χ3n) is 5.06. The zero-order chi connectivity index (χ0) is 16.4. The van der Waals surface area contributed by atoms with Crippen LogP contribution < -0.4 is 0 Å². The predicted octanol–water partition coefficient (Wildman–Crippen LogP) is 3.86. The topological polar surface area (TPSA) is 83.2 Å². The third-order valence-corrected chi connectivity index (χ3v) is 5.06. The van der Waals surface area contributed by atoms with Crippen LogP contribution in [-0.2, 0) is 0 Å². The normalized spacial score (nSPS) is 17.0. The van der Waals surface area contributed by atoms with Crippen molar-refractivity contribution in [2.45, 2.75) is 44.6 Å². The van der Waals surface area contributed by atoms with Gasteiger partial charge in [0.05, 0.1) is 30.4 Å². The van der Waals surface area contributed by atoms with Gasteiger partial charge in [-0.25, -0.2) is 9.97 Å². The van der Waals surface area contributed by atoms with Crippen molar-refractivity contribution >= 4 is 11.0 Å². The number of rotatable bonds is 4. The number of aromatic amines is 1. The molecule has 4 rings (SSSR count). The molecule has 0 aromatic carbocycles. The lowest BCUT2D eigenvalue weighted by molar-refractivity contribution is 0.237. The van der Waals surface area contributed by atoms with Crippen LogP contribution in [-0.4, -0.2) is 24.7 Å². The lowest BCUT2D eigenvalue weighted by Gasteiger charge is -2.29. The molecule has 1 atom stereocenters. The van der Waals surface area contributed by atoms with Gasteiger partial charge in [-0.1, -0.05) is 19.3 Å². The summed E-state index contributed by atoms with van der Waals surface area (Å²) in [7, 11) is 0. The fourth-order valence-electron chi connectivity index (χ4n) is 3.83. The smallest absolute Gasteiger partial charge is 0.141 e. The first-order valence-corrected chi connectivity index (χ1v) is 8.56. The molecule has 24 heavy (non-hydrogen) atoms. The van der Waals surface area contributed by atoms with Gasteiger partial charge in [0.2, 0.25) is 0 Å². The van der Waals surface area contributed by atoms with Crippen molar-refractivity contribution in [1.82, 2.24) is 24.7 Å². The number of nitriles is 1. The Balaban J connectivity index is 1.68. The maximum absolute atomic E-state index is 9.25. The van der Waals surface area contributed by atoms with E-state index >= 15 is 0 Å². The van der Waals surface area contributed by atoms with E-state index in [-0.39, 0.29) is 6.04 Å². The lowest BCUT2D eigenvalue weighted by atomic mass is 9.83. The van der Waals surface area contributed by atoms with Crippen molar-refractivity contribution in [3.63, 3.8) is 0 Å². The van der Waals surface area contributed by atoms with Crippen LogP contribution in [0.15, 0.2) is 31.0 Å². The number of nitrogens with one attached hydrogen (secondary N) is 1. The number of hydrogen-bond acceptors (Lipinski definition) is 4. The van der Waals surface area contributed by atoms with Gasteiger partial charge in [-0.2, -0.15) is 10.4 Å². The van der Waals surface area contributed by atoms with Gasteiger partial charge < -0.3 is 4.98 Å². The standard InChI is InChI=1S/C18H20N6/c19-8-6-16(13-4-2-1-3-5-13)24-11-14(10-23-24)17-15-7-9-20-18(15)22-12-21-17/h7,9-13,16H,1-6H2,(H,20,21,22)/t16-/m1/s1. The Morgan fingerprint density at radius 1 is 1.29 bits per heavy atom. The van der Waals surface area contributed by atoms with Gasteiger partial charge in [-0.05, 0) is 24.8 Å². The first-order valence-electron chi connectivity index (χ1n) is 8.56. The number of aromatic nitrogens is 5. The van der Waals surface area contributed by atoms with E-state index in [1.807, 2.05) is 29.3 Å². The summed E-state index contributed by atoms with van der Waals surface area (Å²) in [5, 5.41) is 14.8. The summed E-state index contributed by atoms with van der Waals surface area (Å²) < 4.78 is 1.98. The minimum Gasteiger partial charge on any atom is -0.346 e. The average molecular weight is 320 g/mol. The molecular formula is C18H20N6. The molecule has 0 aliphatic heterocycles. The molecule has 0 bridgehead atoms. The highest BCUT2D eigenvalue weighted by molar-refractivity contribution is 5.89. The zero-order valence-corrected chi connectivity index (χ0v) is 13.5. The molecule has 1 aliphatic rings. The zero-order valence-electron chi connectivity index (χ0n) is 13.5. The van der Waals surface area contributed by atoms with Crippen LogP contribution in [0.2, 0.25) is 0 Å². The van der Waals surface area contributed by atoms with Crippen LogP contribution in [0.25, 0.3) is 22.3 Å². The van der Waals surface area contributed by atoms with E-state index in [2.05, 4.69) is 26.1 Å². The number of H-pyrrole nitrogens is 1. The maximum Gasteiger partial charge on any atom is 0.141 e. The summed E-state index contributed by atoms with van der Waals surface area (Å²) in [6, 6.07) is 4.49. The summed E-state index contributed by atoms with van der Waals surface area (Å²) in [6.45, 7) is 0. The highest BCUT2D eigenvalue weighted by atomic mass is 15.3. The minimum absolute atomic E-state index is 0.160. The van der Waals surface area contributed by atoms with Crippen molar-refractivity contribution < 1.29 is 0 Å². The quantitative estimate of drug-likeness (QED) is 0.791. The fraction of sp³-hybridized carbons (Fsp3) is 0.444. The summed E-state index contributed by atoms with van der Waals surface area (Å²) >= 11 is 0. The molecule has 6 nitrogen and oxygen atoms in total.